The molecule has 0 bridgehead atoms. The Kier molecular flexibility index (Phi) is 6.82. The van der Waals surface area contributed by atoms with Crippen LogP contribution in [0.1, 0.15) is 48.1 Å². The van der Waals surface area contributed by atoms with E-state index in [-0.39, 0.29) is 5.91 Å². The predicted octanol–water partition coefficient (Wildman–Crippen LogP) is 5.63. The molecule has 0 spiro atoms. The fourth-order valence-corrected chi connectivity index (χ4v) is 3.99. The molecule has 0 aliphatic carbocycles. The molecule has 2 aromatic carbocycles. The van der Waals surface area contributed by atoms with E-state index in [1.165, 1.54) is 5.56 Å². The number of nitrogens with zero attached hydrogens (tertiary/aromatic N) is 3. The largest absolute Gasteiger partial charge is 0.490 e. The summed E-state index contributed by atoms with van der Waals surface area (Å²) in [6.07, 6.45) is 2.57. The zero-order valence-corrected chi connectivity index (χ0v) is 20.3. The van der Waals surface area contributed by atoms with Crippen molar-refractivity contribution in [2.45, 2.75) is 41.0 Å². The second kappa shape index (κ2) is 9.95. The quantitative estimate of drug-likeness (QED) is 0.370. The monoisotopic (exact) mass is 458 g/mol. The summed E-state index contributed by atoms with van der Waals surface area (Å²) in [7, 11) is 0. The molecule has 176 valence electrons. The number of nitrogens with one attached hydrogen (secondary N) is 1. The Bertz CT molecular complexity index is 1330. The number of aromatic nitrogens is 3. The number of fused-ring (bicyclic) bond motifs is 1. The summed E-state index contributed by atoms with van der Waals surface area (Å²) in [6.45, 7) is 10.9. The molecule has 4 aromatic rings. The smallest absolute Gasteiger partial charge is 0.259 e. The molecule has 7 heteroatoms. The van der Waals surface area contributed by atoms with Gasteiger partial charge in [0.25, 0.3) is 5.91 Å². The van der Waals surface area contributed by atoms with Crippen LogP contribution in [0.5, 0.6) is 11.5 Å². The van der Waals surface area contributed by atoms with Gasteiger partial charge >= 0.3 is 0 Å². The molecule has 0 aliphatic heterocycles. The van der Waals surface area contributed by atoms with Gasteiger partial charge in [-0.15, -0.1) is 0 Å². The van der Waals surface area contributed by atoms with E-state index in [9.17, 15) is 4.79 Å². The van der Waals surface area contributed by atoms with Gasteiger partial charge in [-0.3, -0.25) is 4.79 Å². The van der Waals surface area contributed by atoms with Crippen LogP contribution in [0.25, 0.3) is 16.8 Å². The molecule has 0 fully saturated rings. The molecule has 1 N–H and O–H groups in total. The van der Waals surface area contributed by atoms with Crippen LogP contribution in [0.3, 0.4) is 0 Å². The van der Waals surface area contributed by atoms with Crippen molar-refractivity contribution in [1.82, 2.24) is 14.6 Å². The van der Waals surface area contributed by atoms with Crippen molar-refractivity contribution in [3.63, 3.8) is 0 Å². The second-order valence-electron chi connectivity index (χ2n) is 7.99. The number of hydrogen-bond donors (Lipinski definition) is 1. The van der Waals surface area contributed by atoms with Crippen LogP contribution in [0.2, 0.25) is 0 Å². The van der Waals surface area contributed by atoms with Crippen LogP contribution in [0.4, 0.5) is 5.69 Å². The summed E-state index contributed by atoms with van der Waals surface area (Å²) in [5, 5.41) is 7.66. The number of ether oxygens (including phenoxy) is 2. The molecule has 0 saturated heterocycles. The number of hydrogen-bond acceptors (Lipinski definition) is 5. The lowest BCUT2D eigenvalue weighted by atomic mass is 10.1. The van der Waals surface area contributed by atoms with Gasteiger partial charge in [0, 0.05) is 17.4 Å². The SMILES string of the molecule is CCOc1ccc(-c2c(C)nn3c(C)c(C(=O)Nc4ccc(CC)cc4)cnc23)cc1OCC. The first-order valence-corrected chi connectivity index (χ1v) is 11.6. The summed E-state index contributed by atoms with van der Waals surface area (Å²) < 4.78 is 13.2. The van der Waals surface area contributed by atoms with Gasteiger partial charge in [0.1, 0.15) is 0 Å². The van der Waals surface area contributed by atoms with Crippen molar-refractivity contribution in [1.29, 1.82) is 0 Å². The molecule has 34 heavy (non-hydrogen) atoms. The molecule has 2 heterocycles. The van der Waals surface area contributed by atoms with Crippen molar-refractivity contribution >= 4 is 17.2 Å². The Labute approximate surface area is 199 Å². The zero-order chi connectivity index (χ0) is 24.2. The van der Waals surface area contributed by atoms with Gasteiger partial charge in [0.2, 0.25) is 0 Å². The van der Waals surface area contributed by atoms with Gasteiger partial charge in [-0.1, -0.05) is 25.1 Å². The Morgan fingerprint density at radius 2 is 1.68 bits per heavy atom. The van der Waals surface area contributed by atoms with Crippen molar-refractivity contribution in [3.8, 4) is 22.6 Å². The summed E-state index contributed by atoms with van der Waals surface area (Å²) in [6, 6.07) is 13.7. The molecule has 2 aromatic heterocycles. The standard InChI is InChI=1S/C27H30N4O3/c1-6-19-9-12-21(13-10-19)29-27(32)22-16-28-26-25(17(4)30-31(26)18(22)5)20-11-14-23(33-7-2)24(15-20)34-8-3/h9-16H,6-8H2,1-5H3,(H,29,32). The summed E-state index contributed by atoms with van der Waals surface area (Å²) in [5.74, 6) is 1.17. The number of carbonyl (C=O) groups is 1. The van der Waals surface area contributed by atoms with Crippen molar-refractivity contribution in [2.24, 2.45) is 0 Å². The Balaban J connectivity index is 1.70. The van der Waals surface area contributed by atoms with Gasteiger partial charge < -0.3 is 14.8 Å². The van der Waals surface area contributed by atoms with Crippen molar-refractivity contribution < 1.29 is 14.3 Å². The van der Waals surface area contributed by atoms with E-state index in [1.807, 2.05) is 70.2 Å². The maximum absolute atomic E-state index is 13.0. The van der Waals surface area contributed by atoms with Crippen molar-refractivity contribution in [2.75, 3.05) is 18.5 Å². The average Bonchev–Trinajstić information content (AvgIpc) is 3.18. The fourth-order valence-electron chi connectivity index (χ4n) is 3.99. The minimum Gasteiger partial charge on any atom is -0.490 e. The third-order valence-electron chi connectivity index (χ3n) is 5.76. The number of benzene rings is 2. The maximum Gasteiger partial charge on any atom is 0.259 e. The van der Waals surface area contributed by atoms with E-state index in [1.54, 1.807) is 10.7 Å². The number of aryl methyl sites for hydroxylation is 3. The van der Waals surface area contributed by atoms with Gasteiger partial charge in [-0.05, 0) is 69.5 Å². The first-order valence-electron chi connectivity index (χ1n) is 11.6. The third-order valence-corrected chi connectivity index (χ3v) is 5.76. The predicted molar refractivity (Wildman–Crippen MR) is 134 cm³/mol. The van der Waals surface area contributed by atoms with E-state index < -0.39 is 0 Å². The lowest BCUT2D eigenvalue weighted by Gasteiger charge is -2.12. The summed E-state index contributed by atoms with van der Waals surface area (Å²) in [5.41, 5.74) is 6.49. The van der Waals surface area contributed by atoms with E-state index in [4.69, 9.17) is 14.6 Å². The normalized spacial score (nSPS) is 11.0. The molecule has 7 nitrogen and oxygen atoms in total. The maximum atomic E-state index is 13.0. The van der Waals surface area contributed by atoms with Crippen molar-refractivity contribution in [3.05, 3.63) is 71.2 Å². The van der Waals surface area contributed by atoms with Gasteiger partial charge in [0.15, 0.2) is 17.1 Å². The van der Waals surface area contributed by atoms with Gasteiger partial charge in [-0.25, -0.2) is 9.50 Å². The zero-order valence-electron chi connectivity index (χ0n) is 20.3. The van der Waals surface area contributed by atoms with E-state index in [0.29, 0.717) is 35.9 Å². The van der Waals surface area contributed by atoms with Crippen LogP contribution in [-0.2, 0) is 6.42 Å². The van der Waals surface area contributed by atoms with Crippen LogP contribution in [0, 0.1) is 13.8 Å². The highest BCUT2D eigenvalue weighted by atomic mass is 16.5. The molecule has 4 rings (SSSR count). The van der Waals surface area contributed by atoms with Crippen LogP contribution < -0.4 is 14.8 Å². The van der Waals surface area contributed by atoms with Crippen LogP contribution >= 0.6 is 0 Å². The summed E-state index contributed by atoms with van der Waals surface area (Å²) >= 11 is 0. The molecule has 0 aliphatic rings. The number of anilines is 1. The highest BCUT2D eigenvalue weighted by molar-refractivity contribution is 6.05. The van der Waals surface area contributed by atoms with Gasteiger partial charge in [0.05, 0.1) is 30.2 Å². The third kappa shape index (κ3) is 4.46. The molecule has 0 radical (unpaired) electrons. The number of rotatable bonds is 8. The van der Waals surface area contributed by atoms with Crippen LogP contribution in [0.15, 0.2) is 48.7 Å². The highest BCUT2D eigenvalue weighted by Gasteiger charge is 2.20. The molecule has 0 unspecified atom stereocenters. The Hall–Kier alpha value is -3.87. The minimum absolute atomic E-state index is 0.217. The molecular formula is C27H30N4O3. The summed E-state index contributed by atoms with van der Waals surface area (Å²) in [4.78, 5) is 17.6. The Morgan fingerprint density at radius 3 is 2.35 bits per heavy atom. The topological polar surface area (TPSA) is 77.8 Å². The second-order valence-corrected chi connectivity index (χ2v) is 7.99. The molecule has 1 amide bonds. The lowest BCUT2D eigenvalue weighted by molar-refractivity contribution is 0.102. The van der Waals surface area contributed by atoms with E-state index in [2.05, 4.69) is 17.2 Å². The van der Waals surface area contributed by atoms with E-state index in [0.717, 1.165) is 34.6 Å². The molecule has 0 atom stereocenters. The first-order chi connectivity index (χ1) is 16.5. The van der Waals surface area contributed by atoms with Crippen LogP contribution in [-0.4, -0.2) is 33.7 Å². The highest BCUT2D eigenvalue weighted by Crippen LogP contribution is 2.36. The average molecular weight is 459 g/mol. The minimum atomic E-state index is -0.217. The Morgan fingerprint density at radius 1 is 0.971 bits per heavy atom. The number of carbonyl (C=O) groups excluding carboxylic acids is 1. The molecular weight excluding hydrogens is 428 g/mol. The molecule has 0 saturated carbocycles. The lowest BCUT2D eigenvalue weighted by Crippen LogP contribution is -2.16. The van der Waals surface area contributed by atoms with E-state index >= 15 is 0 Å². The number of amides is 1. The first kappa shape index (κ1) is 23.3. The van der Waals surface area contributed by atoms with Gasteiger partial charge in [-0.2, -0.15) is 5.10 Å². The fraction of sp³-hybridized carbons (Fsp3) is 0.296.